The number of benzene rings is 1. The molecule has 3 rings (SSSR count). The van der Waals surface area contributed by atoms with Crippen molar-refractivity contribution in [2.75, 3.05) is 51.2 Å². The lowest BCUT2D eigenvalue weighted by molar-refractivity contribution is -0.129. The minimum absolute atomic E-state index is 0.0827. The maximum absolute atomic E-state index is 14.1. The van der Waals surface area contributed by atoms with E-state index in [1.807, 2.05) is 40.7 Å². The zero-order chi connectivity index (χ0) is 23.6. The fraction of sp³-hybridized carbons (Fsp3) is 0.667. The van der Waals surface area contributed by atoms with Gasteiger partial charge in [-0.15, -0.1) is 0 Å². The van der Waals surface area contributed by atoms with Gasteiger partial charge in [-0.1, -0.05) is 6.92 Å². The second-order valence-electron chi connectivity index (χ2n) is 10.2. The molecule has 2 aliphatic rings. The van der Waals surface area contributed by atoms with E-state index in [4.69, 9.17) is 4.74 Å². The first-order chi connectivity index (χ1) is 14.9. The molecule has 2 aliphatic heterocycles. The summed E-state index contributed by atoms with van der Waals surface area (Å²) in [5, 5.41) is 3.07. The number of carbonyl (C=O) groups excluding carboxylic acids is 2. The van der Waals surface area contributed by atoms with Crippen LogP contribution in [0.3, 0.4) is 0 Å². The van der Waals surface area contributed by atoms with E-state index < -0.39 is 5.60 Å². The highest BCUT2D eigenvalue weighted by molar-refractivity contribution is 5.80. The summed E-state index contributed by atoms with van der Waals surface area (Å²) in [6.07, 6.45) is -0.341. The van der Waals surface area contributed by atoms with Gasteiger partial charge in [0.25, 0.3) is 0 Å². The van der Waals surface area contributed by atoms with Crippen molar-refractivity contribution in [3.05, 3.63) is 29.6 Å². The molecule has 32 heavy (non-hydrogen) atoms. The Morgan fingerprint density at radius 1 is 1.12 bits per heavy atom. The number of likely N-dealkylation sites (tertiary alicyclic amines) is 1. The predicted octanol–water partition coefficient (Wildman–Crippen LogP) is 3.26. The topological polar surface area (TPSA) is 65.1 Å². The van der Waals surface area contributed by atoms with Gasteiger partial charge in [-0.3, -0.25) is 4.79 Å². The van der Waals surface area contributed by atoms with Crippen LogP contribution in [0, 0.1) is 17.7 Å². The first kappa shape index (κ1) is 24.3. The van der Waals surface area contributed by atoms with Gasteiger partial charge in [0.1, 0.15) is 11.4 Å². The van der Waals surface area contributed by atoms with Crippen LogP contribution in [0.25, 0.3) is 0 Å². The zero-order valence-electron chi connectivity index (χ0n) is 20.2. The Balaban J connectivity index is 1.59. The van der Waals surface area contributed by atoms with E-state index in [0.29, 0.717) is 13.1 Å². The molecule has 0 spiro atoms. The van der Waals surface area contributed by atoms with E-state index in [-0.39, 0.29) is 35.7 Å². The number of halogens is 1. The molecule has 2 amide bonds. The standard InChI is InChI=1S/C24H37FN4O3/c1-16(18-14-29(15-18)23(31)32-24(3,4)5)22(30)26-17(2)20-13-19(25)7-8-21(20)28-11-9-27(6)10-12-28/h7-8,13,16-18H,9-12,14-15H2,1-6H3,(H,26,30)/t16-,17-/m0/s1. The molecule has 0 saturated carbocycles. The molecule has 1 aromatic carbocycles. The van der Waals surface area contributed by atoms with Crippen molar-refractivity contribution in [2.45, 2.75) is 46.3 Å². The Hall–Kier alpha value is -2.35. The lowest BCUT2D eigenvalue weighted by Gasteiger charge is -2.42. The molecule has 2 atom stereocenters. The molecule has 8 heteroatoms. The third kappa shape index (κ3) is 5.91. The van der Waals surface area contributed by atoms with Crippen molar-refractivity contribution in [1.82, 2.24) is 15.1 Å². The van der Waals surface area contributed by atoms with Crippen molar-refractivity contribution in [3.8, 4) is 0 Å². The molecule has 0 aliphatic carbocycles. The van der Waals surface area contributed by atoms with Crippen molar-refractivity contribution < 1.29 is 18.7 Å². The van der Waals surface area contributed by atoms with Crippen molar-refractivity contribution >= 4 is 17.7 Å². The van der Waals surface area contributed by atoms with Gasteiger partial charge in [0.05, 0.1) is 6.04 Å². The molecule has 0 unspecified atom stereocenters. The van der Waals surface area contributed by atoms with Crippen LogP contribution in [-0.4, -0.2) is 73.7 Å². The maximum atomic E-state index is 14.1. The molecule has 178 valence electrons. The average Bonchev–Trinajstić information content (AvgIpc) is 2.66. The molecule has 2 saturated heterocycles. The summed E-state index contributed by atoms with van der Waals surface area (Å²) in [5.74, 6) is -0.560. The number of ether oxygens (including phenoxy) is 1. The summed E-state index contributed by atoms with van der Waals surface area (Å²) in [4.78, 5) is 31.2. The zero-order valence-corrected chi connectivity index (χ0v) is 20.2. The first-order valence-electron chi connectivity index (χ1n) is 11.5. The number of hydrogen-bond donors (Lipinski definition) is 1. The molecular weight excluding hydrogens is 411 g/mol. The largest absolute Gasteiger partial charge is 0.444 e. The molecule has 2 heterocycles. The Morgan fingerprint density at radius 3 is 2.34 bits per heavy atom. The predicted molar refractivity (Wildman–Crippen MR) is 123 cm³/mol. The van der Waals surface area contributed by atoms with Crippen LogP contribution in [0.5, 0.6) is 0 Å². The molecular formula is C24H37FN4O3. The number of carbonyl (C=O) groups is 2. The van der Waals surface area contributed by atoms with Crippen LogP contribution in [-0.2, 0) is 9.53 Å². The second-order valence-corrected chi connectivity index (χ2v) is 10.2. The molecule has 7 nitrogen and oxygen atoms in total. The minimum Gasteiger partial charge on any atom is -0.444 e. The molecule has 0 radical (unpaired) electrons. The van der Waals surface area contributed by atoms with E-state index in [0.717, 1.165) is 37.4 Å². The fourth-order valence-electron chi connectivity index (χ4n) is 4.15. The van der Waals surface area contributed by atoms with E-state index >= 15 is 0 Å². The quantitative estimate of drug-likeness (QED) is 0.749. The number of hydrogen-bond acceptors (Lipinski definition) is 5. The molecule has 0 aromatic heterocycles. The third-order valence-corrected chi connectivity index (χ3v) is 6.34. The highest BCUT2D eigenvalue weighted by Crippen LogP contribution is 2.30. The van der Waals surface area contributed by atoms with Gasteiger partial charge in [0.2, 0.25) is 5.91 Å². The number of nitrogens with one attached hydrogen (secondary N) is 1. The highest BCUT2D eigenvalue weighted by Gasteiger charge is 2.39. The summed E-state index contributed by atoms with van der Waals surface area (Å²) in [5.41, 5.74) is 1.23. The SMILES string of the molecule is C[C@H](NC(=O)[C@@H](C)C1CN(C(=O)OC(C)(C)C)C1)c1cc(F)ccc1N1CCN(C)CC1. The van der Waals surface area contributed by atoms with Gasteiger partial charge >= 0.3 is 6.09 Å². The lowest BCUT2D eigenvalue weighted by atomic mass is 9.86. The Bertz CT molecular complexity index is 827. The summed E-state index contributed by atoms with van der Waals surface area (Å²) in [6.45, 7) is 13.9. The van der Waals surface area contributed by atoms with Gasteiger partial charge < -0.3 is 24.8 Å². The number of amides is 2. The Kier molecular flexibility index (Phi) is 7.32. The van der Waals surface area contributed by atoms with Gasteiger partial charge in [0, 0.05) is 62.4 Å². The van der Waals surface area contributed by atoms with E-state index in [1.54, 1.807) is 4.90 Å². The van der Waals surface area contributed by atoms with Gasteiger partial charge in [0.15, 0.2) is 0 Å². The third-order valence-electron chi connectivity index (χ3n) is 6.34. The van der Waals surface area contributed by atoms with E-state index in [1.165, 1.54) is 12.1 Å². The van der Waals surface area contributed by atoms with Crippen molar-refractivity contribution in [1.29, 1.82) is 0 Å². The average molecular weight is 449 g/mol. The number of likely N-dealkylation sites (N-methyl/N-ethyl adjacent to an activating group) is 1. The van der Waals surface area contributed by atoms with Crippen molar-refractivity contribution in [3.63, 3.8) is 0 Å². The number of anilines is 1. The van der Waals surface area contributed by atoms with E-state index in [2.05, 4.69) is 22.2 Å². The highest BCUT2D eigenvalue weighted by atomic mass is 19.1. The fourth-order valence-corrected chi connectivity index (χ4v) is 4.15. The second kappa shape index (κ2) is 9.65. The smallest absolute Gasteiger partial charge is 0.410 e. The van der Waals surface area contributed by atoms with E-state index in [9.17, 15) is 14.0 Å². The summed E-state index contributed by atoms with van der Waals surface area (Å²) < 4.78 is 19.5. The number of piperazine rings is 1. The van der Waals surface area contributed by atoms with Crippen LogP contribution in [0.2, 0.25) is 0 Å². The van der Waals surface area contributed by atoms with Gasteiger partial charge in [-0.2, -0.15) is 0 Å². The summed E-state index contributed by atoms with van der Waals surface area (Å²) >= 11 is 0. The van der Waals surface area contributed by atoms with Crippen LogP contribution >= 0.6 is 0 Å². The Morgan fingerprint density at radius 2 is 1.75 bits per heavy atom. The minimum atomic E-state index is -0.535. The molecule has 1 aromatic rings. The maximum Gasteiger partial charge on any atom is 0.410 e. The summed E-state index contributed by atoms with van der Waals surface area (Å²) in [7, 11) is 2.09. The lowest BCUT2D eigenvalue weighted by Crippen LogP contribution is -2.55. The monoisotopic (exact) mass is 448 g/mol. The van der Waals surface area contributed by atoms with Crippen LogP contribution in [0.1, 0.15) is 46.2 Å². The molecule has 0 bridgehead atoms. The molecule has 2 fully saturated rings. The van der Waals surface area contributed by atoms with Crippen LogP contribution in [0.15, 0.2) is 18.2 Å². The van der Waals surface area contributed by atoms with Gasteiger partial charge in [-0.05, 0) is 52.9 Å². The number of nitrogens with zero attached hydrogens (tertiary/aromatic N) is 3. The Labute approximate surface area is 190 Å². The van der Waals surface area contributed by atoms with Crippen LogP contribution < -0.4 is 10.2 Å². The molecule has 1 N–H and O–H groups in total. The summed E-state index contributed by atoms with van der Waals surface area (Å²) in [6, 6.07) is 4.50. The van der Waals surface area contributed by atoms with Crippen molar-refractivity contribution in [2.24, 2.45) is 11.8 Å². The number of rotatable bonds is 5. The van der Waals surface area contributed by atoms with Gasteiger partial charge in [-0.25, -0.2) is 9.18 Å². The first-order valence-corrected chi connectivity index (χ1v) is 11.5. The normalized spacial score (nSPS) is 19.8. The van der Waals surface area contributed by atoms with Crippen LogP contribution in [0.4, 0.5) is 14.9 Å².